The predicted molar refractivity (Wildman–Crippen MR) is 75.0 cm³/mol. The van der Waals surface area contributed by atoms with Gasteiger partial charge in [0.1, 0.15) is 0 Å². The zero-order valence-corrected chi connectivity index (χ0v) is 11.5. The van der Waals surface area contributed by atoms with Crippen LogP contribution in [-0.4, -0.2) is 11.2 Å². The molecule has 2 saturated carbocycles. The average Bonchev–Trinajstić information content (AvgIpc) is 3.02. The topological polar surface area (TPSA) is 9.23 Å². The van der Waals surface area contributed by atoms with Gasteiger partial charge in [-0.2, -0.15) is 0 Å². The van der Waals surface area contributed by atoms with Crippen molar-refractivity contribution in [3.63, 3.8) is 0 Å². The van der Waals surface area contributed by atoms with Gasteiger partial charge in [-0.05, 0) is 55.4 Å². The molecule has 0 amide bonds. The maximum atomic E-state index is 6.70. The Labute approximate surface area is 115 Å². The molecule has 0 N–H and O–H groups in total. The second kappa shape index (κ2) is 3.44. The van der Waals surface area contributed by atoms with Crippen LogP contribution in [0.15, 0.2) is 30.3 Å². The summed E-state index contributed by atoms with van der Waals surface area (Å²) in [7, 11) is 0. The fraction of sp³-hybridized carbons (Fsp3) is 0.667. The van der Waals surface area contributed by atoms with Crippen molar-refractivity contribution in [3.8, 4) is 0 Å². The Hall–Kier alpha value is -0.820. The summed E-state index contributed by atoms with van der Waals surface area (Å²) in [6, 6.07) is 11.3. The Kier molecular flexibility index (Phi) is 1.97. The van der Waals surface area contributed by atoms with Gasteiger partial charge in [-0.3, -0.25) is 0 Å². The molecule has 1 aromatic carbocycles. The summed E-state index contributed by atoms with van der Waals surface area (Å²) in [5, 5.41) is 0. The summed E-state index contributed by atoms with van der Waals surface area (Å²) in [6.07, 6.45) is 9.55. The lowest BCUT2D eigenvalue weighted by Crippen LogP contribution is -2.50. The van der Waals surface area contributed by atoms with E-state index in [0.717, 1.165) is 17.8 Å². The molecule has 2 spiro atoms. The van der Waals surface area contributed by atoms with E-state index in [1.54, 1.807) is 5.56 Å². The van der Waals surface area contributed by atoms with E-state index in [9.17, 15) is 0 Å². The standard InChI is InChI=1S/C18H22O/c1-2-6-13(7-3-1)15-12-18-11-14(18)10-17(19-18)9-5-4-8-16(15)17/h1-3,6-7,14-16H,4-5,8-12H2/t14-,15+,16+,17-,18+/m1/s1. The van der Waals surface area contributed by atoms with Gasteiger partial charge in [0.05, 0.1) is 11.2 Å². The fourth-order valence-corrected chi connectivity index (χ4v) is 5.65. The lowest BCUT2D eigenvalue weighted by atomic mass is 9.64. The first-order valence-electron chi connectivity index (χ1n) is 8.07. The molecule has 0 radical (unpaired) electrons. The molecule has 0 unspecified atom stereocenters. The third-order valence-electron chi connectivity index (χ3n) is 6.49. The maximum Gasteiger partial charge on any atom is 0.0730 e. The van der Waals surface area contributed by atoms with Crippen molar-refractivity contribution in [2.24, 2.45) is 11.8 Å². The molecule has 2 heterocycles. The second-order valence-electron chi connectivity index (χ2n) is 7.41. The van der Waals surface area contributed by atoms with E-state index in [2.05, 4.69) is 30.3 Å². The van der Waals surface area contributed by atoms with E-state index in [0.29, 0.717) is 5.60 Å². The monoisotopic (exact) mass is 254 g/mol. The number of hydrogen-bond donors (Lipinski definition) is 0. The highest BCUT2D eigenvalue weighted by Crippen LogP contribution is 2.72. The summed E-state index contributed by atoms with van der Waals surface area (Å²) < 4.78 is 6.70. The van der Waals surface area contributed by atoms with Gasteiger partial charge in [0.15, 0.2) is 0 Å². The van der Waals surface area contributed by atoms with Crippen LogP contribution >= 0.6 is 0 Å². The Balaban J connectivity index is 1.59. The SMILES string of the molecule is c1ccc([C@@H]2C[C@@]34C[C@H]3C[C@@]3(CCCC[C@@H]23)O4)cc1. The lowest BCUT2D eigenvalue weighted by Gasteiger charge is -2.51. The van der Waals surface area contributed by atoms with E-state index in [-0.39, 0.29) is 5.60 Å². The van der Waals surface area contributed by atoms with E-state index >= 15 is 0 Å². The van der Waals surface area contributed by atoms with Gasteiger partial charge >= 0.3 is 0 Å². The molecule has 1 heteroatoms. The molecule has 0 aromatic heterocycles. The molecule has 1 nitrogen and oxygen atoms in total. The van der Waals surface area contributed by atoms with Gasteiger partial charge in [0, 0.05) is 0 Å². The fourth-order valence-electron chi connectivity index (χ4n) is 5.65. The van der Waals surface area contributed by atoms with Gasteiger partial charge < -0.3 is 4.74 Å². The molecule has 100 valence electrons. The van der Waals surface area contributed by atoms with Crippen LogP contribution < -0.4 is 0 Å². The van der Waals surface area contributed by atoms with Crippen LogP contribution in [0.3, 0.4) is 0 Å². The highest BCUT2D eigenvalue weighted by atomic mass is 16.5. The molecular formula is C18H22O. The number of benzene rings is 1. The zero-order chi connectivity index (χ0) is 12.5. The van der Waals surface area contributed by atoms with Crippen molar-refractivity contribution in [1.29, 1.82) is 0 Å². The van der Waals surface area contributed by atoms with Gasteiger partial charge in [0.25, 0.3) is 0 Å². The largest absolute Gasteiger partial charge is 0.368 e. The first kappa shape index (κ1) is 10.9. The Morgan fingerprint density at radius 3 is 2.68 bits per heavy atom. The summed E-state index contributed by atoms with van der Waals surface area (Å²) in [5.41, 5.74) is 2.17. The third-order valence-corrected chi connectivity index (χ3v) is 6.49. The van der Waals surface area contributed by atoms with Crippen LogP contribution in [0.1, 0.15) is 56.4 Å². The zero-order valence-electron chi connectivity index (χ0n) is 11.5. The van der Waals surface area contributed by atoms with Crippen molar-refractivity contribution in [3.05, 3.63) is 35.9 Å². The molecule has 5 rings (SSSR count). The molecule has 2 aliphatic heterocycles. The number of ether oxygens (including phenoxy) is 1. The molecule has 4 fully saturated rings. The van der Waals surface area contributed by atoms with Crippen molar-refractivity contribution in [1.82, 2.24) is 0 Å². The third kappa shape index (κ3) is 1.35. The van der Waals surface area contributed by atoms with Crippen LogP contribution in [0.2, 0.25) is 0 Å². The predicted octanol–water partition coefficient (Wildman–Crippen LogP) is 4.28. The van der Waals surface area contributed by atoms with Gasteiger partial charge in [-0.15, -0.1) is 0 Å². The summed E-state index contributed by atoms with van der Waals surface area (Å²) >= 11 is 0. The van der Waals surface area contributed by atoms with Gasteiger partial charge in [-0.25, -0.2) is 0 Å². The van der Waals surface area contributed by atoms with Crippen molar-refractivity contribution >= 4 is 0 Å². The van der Waals surface area contributed by atoms with Crippen LogP contribution in [0.5, 0.6) is 0 Å². The van der Waals surface area contributed by atoms with Crippen LogP contribution in [0, 0.1) is 11.8 Å². The lowest BCUT2D eigenvalue weighted by molar-refractivity contribution is -0.171. The number of rotatable bonds is 1. The highest BCUT2D eigenvalue weighted by molar-refractivity contribution is 5.30. The minimum atomic E-state index is 0.278. The minimum Gasteiger partial charge on any atom is -0.368 e. The van der Waals surface area contributed by atoms with E-state index in [1.165, 1.54) is 44.9 Å². The van der Waals surface area contributed by atoms with Crippen molar-refractivity contribution in [2.45, 2.75) is 62.1 Å². The van der Waals surface area contributed by atoms with Gasteiger partial charge in [0.2, 0.25) is 0 Å². The molecule has 2 bridgehead atoms. The maximum absolute atomic E-state index is 6.70. The van der Waals surface area contributed by atoms with Crippen molar-refractivity contribution < 1.29 is 4.74 Å². The normalized spacial score (nSPS) is 50.4. The number of hydrogen-bond acceptors (Lipinski definition) is 1. The van der Waals surface area contributed by atoms with E-state index in [1.807, 2.05) is 0 Å². The Bertz CT molecular complexity index is 510. The van der Waals surface area contributed by atoms with Crippen molar-refractivity contribution in [2.75, 3.05) is 0 Å². The quantitative estimate of drug-likeness (QED) is 0.726. The minimum absolute atomic E-state index is 0.278. The smallest absolute Gasteiger partial charge is 0.0730 e. The van der Waals surface area contributed by atoms with Gasteiger partial charge in [-0.1, -0.05) is 43.2 Å². The molecule has 2 saturated heterocycles. The summed E-state index contributed by atoms with van der Waals surface area (Å²) in [4.78, 5) is 0. The molecule has 2 aliphatic carbocycles. The first-order chi connectivity index (χ1) is 9.31. The average molecular weight is 254 g/mol. The summed E-state index contributed by atoms with van der Waals surface area (Å²) in [6.45, 7) is 0. The molecule has 1 aromatic rings. The molecule has 4 aliphatic rings. The van der Waals surface area contributed by atoms with Crippen LogP contribution in [0.25, 0.3) is 0 Å². The molecule has 5 atom stereocenters. The van der Waals surface area contributed by atoms with E-state index < -0.39 is 0 Å². The summed E-state index contributed by atoms with van der Waals surface area (Å²) in [5.74, 6) is 2.46. The Morgan fingerprint density at radius 2 is 1.79 bits per heavy atom. The highest BCUT2D eigenvalue weighted by Gasteiger charge is 2.72. The second-order valence-corrected chi connectivity index (χ2v) is 7.41. The molecular weight excluding hydrogens is 232 g/mol. The molecule has 19 heavy (non-hydrogen) atoms. The van der Waals surface area contributed by atoms with Crippen LogP contribution in [-0.2, 0) is 4.74 Å². The Morgan fingerprint density at radius 1 is 0.947 bits per heavy atom. The first-order valence-corrected chi connectivity index (χ1v) is 8.07. The van der Waals surface area contributed by atoms with Crippen LogP contribution in [0.4, 0.5) is 0 Å². The van der Waals surface area contributed by atoms with E-state index in [4.69, 9.17) is 4.74 Å².